The molecule has 122 valence electrons. The summed E-state index contributed by atoms with van der Waals surface area (Å²) in [7, 11) is 0. The zero-order chi connectivity index (χ0) is 16.7. The van der Waals surface area contributed by atoms with Gasteiger partial charge in [-0.3, -0.25) is 9.59 Å². The van der Waals surface area contributed by atoms with Crippen molar-refractivity contribution in [3.8, 4) is 0 Å². The number of aryl methyl sites for hydroxylation is 1. The molecule has 0 fully saturated rings. The molecule has 0 aliphatic rings. The Morgan fingerprint density at radius 1 is 1.22 bits per heavy atom. The molecular weight excluding hydrogens is 334 g/mol. The number of amides is 2. The van der Waals surface area contributed by atoms with Crippen molar-refractivity contribution in [1.29, 1.82) is 0 Å². The van der Waals surface area contributed by atoms with E-state index in [0.29, 0.717) is 23.8 Å². The summed E-state index contributed by atoms with van der Waals surface area (Å²) in [6, 6.07) is 7.24. The summed E-state index contributed by atoms with van der Waals surface area (Å²) in [4.78, 5) is 23.4. The van der Waals surface area contributed by atoms with Crippen LogP contribution in [-0.2, 0) is 9.59 Å². The number of hydrogen-bond donors (Lipinski definition) is 3. The van der Waals surface area contributed by atoms with E-state index in [9.17, 15) is 9.59 Å². The van der Waals surface area contributed by atoms with Gasteiger partial charge in [0.15, 0.2) is 4.34 Å². The molecule has 2 rings (SSSR count). The molecule has 1 aromatic carbocycles. The number of benzene rings is 1. The van der Waals surface area contributed by atoms with Crippen molar-refractivity contribution in [3.05, 3.63) is 29.8 Å². The lowest BCUT2D eigenvalue weighted by atomic mass is 10.2. The van der Waals surface area contributed by atoms with Crippen molar-refractivity contribution in [2.75, 3.05) is 23.3 Å². The normalized spacial score (nSPS) is 10.3. The lowest BCUT2D eigenvalue weighted by Gasteiger charge is -2.06. The number of anilines is 2. The molecule has 0 bridgehead atoms. The lowest BCUT2D eigenvalue weighted by Crippen LogP contribution is -2.36. The van der Waals surface area contributed by atoms with Crippen molar-refractivity contribution in [1.82, 2.24) is 15.5 Å². The summed E-state index contributed by atoms with van der Waals surface area (Å²) in [5, 5.41) is 13.2. The van der Waals surface area contributed by atoms with Gasteiger partial charge in [0.25, 0.3) is 0 Å². The zero-order valence-electron chi connectivity index (χ0n) is 12.5. The molecule has 0 atom stereocenters. The Kier molecular flexibility index (Phi) is 6.36. The molecule has 2 amide bonds. The van der Waals surface area contributed by atoms with Gasteiger partial charge in [0.1, 0.15) is 0 Å². The van der Waals surface area contributed by atoms with Crippen LogP contribution in [0.15, 0.2) is 28.6 Å². The number of carbonyl (C=O) groups excluding carboxylic acids is 2. The smallest absolute Gasteiger partial charge is 0.313 e. The van der Waals surface area contributed by atoms with Crippen LogP contribution in [0.1, 0.15) is 12.0 Å². The summed E-state index contributed by atoms with van der Waals surface area (Å²) >= 11 is 2.84. The molecular formula is C14H17N5O2S2. The number of rotatable bonds is 6. The number of nitrogens with zero attached hydrogens (tertiary/aromatic N) is 2. The fourth-order valence-corrected chi connectivity index (χ4v) is 3.26. The van der Waals surface area contributed by atoms with Crippen LogP contribution < -0.4 is 16.4 Å². The minimum absolute atomic E-state index is 0.418. The van der Waals surface area contributed by atoms with Gasteiger partial charge in [0.05, 0.1) is 0 Å². The van der Waals surface area contributed by atoms with E-state index >= 15 is 0 Å². The van der Waals surface area contributed by atoms with Crippen LogP contribution in [0.2, 0.25) is 0 Å². The molecule has 9 heteroatoms. The number of thioether (sulfide) groups is 1. The van der Waals surface area contributed by atoms with E-state index in [-0.39, 0.29) is 0 Å². The van der Waals surface area contributed by atoms with Gasteiger partial charge >= 0.3 is 11.8 Å². The highest BCUT2D eigenvalue weighted by Gasteiger charge is 2.12. The van der Waals surface area contributed by atoms with Crippen LogP contribution in [0.25, 0.3) is 0 Å². The molecule has 0 unspecified atom stereocenters. The standard InChI is InChI=1S/C14H17N5O2S2/c1-9-3-5-10(6-4-9)17-12(21)11(20)16-7-2-8-22-14-19-18-13(15)23-14/h3-6H,2,7-8H2,1H3,(H2,15,18)(H,16,20)(H,17,21). The van der Waals surface area contributed by atoms with Crippen LogP contribution >= 0.6 is 23.1 Å². The summed E-state index contributed by atoms with van der Waals surface area (Å²) in [6.45, 7) is 2.37. The van der Waals surface area contributed by atoms with E-state index in [2.05, 4.69) is 20.8 Å². The molecule has 1 aromatic heterocycles. The molecule has 0 spiro atoms. The summed E-state index contributed by atoms with van der Waals surface area (Å²) in [6.07, 6.45) is 0.716. The molecule has 0 aliphatic heterocycles. The van der Waals surface area contributed by atoms with Crippen LogP contribution in [0, 0.1) is 6.92 Å². The van der Waals surface area contributed by atoms with Gasteiger partial charge in [-0.05, 0) is 25.5 Å². The number of hydrogen-bond acceptors (Lipinski definition) is 7. The van der Waals surface area contributed by atoms with Gasteiger partial charge in [0, 0.05) is 18.0 Å². The second-order valence-corrected chi connectivity index (χ2v) is 7.04. The SMILES string of the molecule is Cc1ccc(NC(=O)C(=O)NCCCSc2nnc(N)s2)cc1. The van der Waals surface area contributed by atoms with Gasteiger partial charge in [-0.2, -0.15) is 0 Å². The number of carbonyl (C=O) groups is 2. The van der Waals surface area contributed by atoms with E-state index in [1.807, 2.05) is 19.1 Å². The molecule has 0 saturated carbocycles. The van der Waals surface area contributed by atoms with E-state index in [0.717, 1.165) is 15.7 Å². The van der Waals surface area contributed by atoms with Crippen LogP contribution in [0.3, 0.4) is 0 Å². The molecule has 0 aliphatic carbocycles. The topological polar surface area (TPSA) is 110 Å². The van der Waals surface area contributed by atoms with Crippen LogP contribution in [0.5, 0.6) is 0 Å². The average Bonchev–Trinajstić information content (AvgIpc) is 2.94. The third-order valence-corrected chi connectivity index (χ3v) is 4.74. The third-order valence-electron chi connectivity index (χ3n) is 2.77. The highest BCUT2D eigenvalue weighted by atomic mass is 32.2. The summed E-state index contributed by atoms with van der Waals surface area (Å²) < 4.78 is 0.797. The number of nitrogens with one attached hydrogen (secondary N) is 2. The second kappa shape index (κ2) is 8.49. The zero-order valence-corrected chi connectivity index (χ0v) is 14.2. The van der Waals surface area contributed by atoms with Gasteiger partial charge in [-0.15, -0.1) is 10.2 Å². The first-order valence-corrected chi connectivity index (χ1v) is 8.72. The number of nitrogens with two attached hydrogens (primary N) is 1. The minimum atomic E-state index is -0.668. The molecule has 7 nitrogen and oxygen atoms in total. The molecule has 0 radical (unpaired) electrons. The molecule has 1 heterocycles. The predicted octanol–water partition coefficient (Wildman–Crippen LogP) is 1.67. The largest absolute Gasteiger partial charge is 0.374 e. The van der Waals surface area contributed by atoms with Crippen LogP contribution in [-0.4, -0.2) is 34.3 Å². The van der Waals surface area contributed by atoms with Gasteiger partial charge in [0.2, 0.25) is 5.13 Å². The predicted molar refractivity (Wildman–Crippen MR) is 92.5 cm³/mol. The minimum Gasteiger partial charge on any atom is -0.374 e. The first kappa shape index (κ1) is 17.2. The van der Waals surface area contributed by atoms with Crippen molar-refractivity contribution in [3.63, 3.8) is 0 Å². The monoisotopic (exact) mass is 351 g/mol. The van der Waals surface area contributed by atoms with Crippen molar-refractivity contribution < 1.29 is 9.59 Å². The third kappa shape index (κ3) is 5.87. The highest BCUT2D eigenvalue weighted by molar-refractivity contribution is 8.01. The average molecular weight is 351 g/mol. The second-order valence-electron chi connectivity index (χ2n) is 4.68. The Labute approximate surface area is 142 Å². The molecule has 4 N–H and O–H groups in total. The quantitative estimate of drug-likeness (QED) is 0.415. The fourth-order valence-electron chi connectivity index (χ4n) is 1.62. The Bertz CT molecular complexity index is 672. The van der Waals surface area contributed by atoms with Crippen molar-refractivity contribution in [2.45, 2.75) is 17.7 Å². The van der Waals surface area contributed by atoms with Crippen LogP contribution in [0.4, 0.5) is 10.8 Å². The Balaban J connectivity index is 1.64. The van der Waals surface area contributed by atoms with Gasteiger partial charge in [-0.1, -0.05) is 40.8 Å². The Morgan fingerprint density at radius 2 is 1.96 bits per heavy atom. The maximum atomic E-state index is 11.7. The number of aromatic nitrogens is 2. The Morgan fingerprint density at radius 3 is 2.61 bits per heavy atom. The summed E-state index contributed by atoms with van der Waals surface area (Å²) in [5.41, 5.74) is 7.17. The first-order valence-electron chi connectivity index (χ1n) is 6.92. The Hall–Kier alpha value is -2.13. The fraction of sp³-hybridized carbons (Fsp3) is 0.286. The summed E-state index contributed by atoms with van der Waals surface area (Å²) in [5.74, 6) is -0.553. The van der Waals surface area contributed by atoms with E-state index < -0.39 is 11.8 Å². The van der Waals surface area contributed by atoms with Gasteiger partial charge < -0.3 is 16.4 Å². The van der Waals surface area contributed by atoms with Crippen molar-refractivity contribution >= 4 is 45.7 Å². The number of nitrogen functional groups attached to an aromatic ring is 1. The maximum Gasteiger partial charge on any atom is 0.313 e. The van der Waals surface area contributed by atoms with E-state index in [1.54, 1.807) is 12.1 Å². The molecule has 0 saturated heterocycles. The van der Waals surface area contributed by atoms with Crippen molar-refractivity contribution in [2.24, 2.45) is 0 Å². The molecule has 23 heavy (non-hydrogen) atoms. The maximum absolute atomic E-state index is 11.7. The molecule has 2 aromatic rings. The highest BCUT2D eigenvalue weighted by Crippen LogP contribution is 2.23. The van der Waals surface area contributed by atoms with E-state index in [4.69, 9.17) is 5.73 Å². The van der Waals surface area contributed by atoms with E-state index in [1.165, 1.54) is 23.1 Å². The first-order chi connectivity index (χ1) is 11.0. The lowest BCUT2D eigenvalue weighted by molar-refractivity contribution is -0.136. The van der Waals surface area contributed by atoms with Gasteiger partial charge in [-0.25, -0.2) is 0 Å².